The van der Waals surface area contributed by atoms with Crippen molar-refractivity contribution in [2.24, 2.45) is 0 Å². The molecule has 0 bridgehead atoms. The Labute approximate surface area is 110 Å². The lowest BCUT2D eigenvalue weighted by Gasteiger charge is -2.18. The van der Waals surface area contributed by atoms with Gasteiger partial charge in [-0.3, -0.25) is 4.79 Å². The van der Waals surface area contributed by atoms with Gasteiger partial charge in [-0.15, -0.1) is 0 Å². The van der Waals surface area contributed by atoms with Gasteiger partial charge in [-0.05, 0) is 37.3 Å². The van der Waals surface area contributed by atoms with Crippen LogP contribution >= 0.6 is 0 Å². The molecule has 1 aliphatic heterocycles. The van der Waals surface area contributed by atoms with Gasteiger partial charge in [-0.25, -0.2) is 0 Å². The molecule has 0 spiro atoms. The highest BCUT2D eigenvalue weighted by Crippen LogP contribution is 2.30. The van der Waals surface area contributed by atoms with Gasteiger partial charge >= 0.3 is 0 Å². The van der Waals surface area contributed by atoms with E-state index in [1.165, 1.54) is 0 Å². The smallest absolute Gasteiger partial charge is 0.262 e. The number of aryl methyl sites for hydroxylation is 1. The third-order valence-corrected chi connectivity index (χ3v) is 2.88. The Bertz CT molecular complexity index is 619. The summed E-state index contributed by atoms with van der Waals surface area (Å²) in [5.41, 5.74) is 1.59. The topological polar surface area (TPSA) is 63.5 Å². The first kappa shape index (κ1) is 11.6. The van der Waals surface area contributed by atoms with Crippen molar-refractivity contribution in [1.82, 2.24) is 0 Å². The van der Waals surface area contributed by atoms with E-state index < -0.39 is 0 Å². The molecule has 0 atom stereocenters. The quantitative estimate of drug-likeness (QED) is 0.888. The molecule has 1 amide bonds. The van der Waals surface area contributed by atoms with Crippen LogP contribution < -0.4 is 15.4 Å². The molecule has 0 unspecified atom stereocenters. The zero-order valence-electron chi connectivity index (χ0n) is 10.5. The fourth-order valence-corrected chi connectivity index (χ4v) is 1.96. The number of amides is 1. The lowest BCUT2D eigenvalue weighted by Crippen LogP contribution is -2.25. The number of carbonyl (C=O) groups is 1. The lowest BCUT2D eigenvalue weighted by atomic mass is 10.2. The number of rotatable bonds is 3. The van der Waals surface area contributed by atoms with E-state index in [0.29, 0.717) is 18.0 Å². The number of hydrogen-bond donors (Lipinski definition) is 2. The number of hydrogen-bond acceptors (Lipinski definition) is 4. The molecule has 0 aliphatic carbocycles. The summed E-state index contributed by atoms with van der Waals surface area (Å²) in [5, 5.41) is 6.01. The van der Waals surface area contributed by atoms with Gasteiger partial charge < -0.3 is 19.8 Å². The molecule has 0 fully saturated rings. The van der Waals surface area contributed by atoms with E-state index in [-0.39, 0.29) is 12.5 Å². The summed E-state index contributed by atoms with van der Waals surface area (Å²) in [6.45, 7) is 2.59. The second-order valence-corrected chi connectivity index (χ2v) is 4.41. The van der Waals surface area contributed by atoms with Crippen LogP contribution in [0.4, 0.5) is 11.4 Å². The molecule has 2 aromatic rings. The summed E-state index contributed by atoms with van der Waals surface area (Å²) in [4.78, 5) is 11.2. The maximum absolute atomic E-state index is 11.2. The molecule has 2 heterocycles. The molecule has 5 heteroatoms. The van der Waals surface area contributed by atoms with Crippen LogP contribution in [0.3, 0.4) is 0 Å². The minimum atomic E-state index is -0.133. The van der Waals surface area contributed by atoms with Crippen molar-refractivity contribution in [3.63, 3.8) is 0 Å². The molecular formula is C14H14N2O3. The van der Waals surface area contributed by atoms with E-state index in [0.717, 1.165) is 17.2 Å². The monoisotopic (exact) mass is 258 g/mol. The van der Waals surface area contributed by atoms with E-state index in [1.807, 2.05) is 37.3 Å². The molecule has 98 valence electrons. The minimum absolute atomic E-state index is 0.0748. The third-order valence-electron chi connectivity index (χ3n) is 2.88. The van der Waals surface area contributed by atoms with Crippen LogP contribution in [0.15, 0.2) is 34.7 Å². The normalized spacial score (nSPS) is 13.4. The zero-order valence-corrected chi connectivity index (χ0v) is 10.5. The van der Waals surface area contributed by atoms with Crippen molar-refractivity contribution in [3.05, 3.63) is 41.9 Å². The highest BCUT2D eigenvalue weighted by Gasteiger charge is 2.15. The van der Waals surface area contributed by atoms with Crippen LogP contribution in [-0.2, 0) is 11.3 Å². The highest BCUT2D eigenvalue weighted by molar-refractivity contribution is 5.95. The molecule has 3 rings (SSSR count). The Hall–Kier alpha value is -2.43. The number of fused-ring (bicyclic) bond motifs is 1. The zero-order chi connectivity index (χ0) is 13.2. The van der Waals surface area contributed by atoms with Crippen LogP contribution in [0.2, 0.25) is 0 Å². The van der Waals surface area contributed by atoms with Gasteiger partial charge in [0.25, 0.3) is 5.91 Å². The van der Waals surface area contributed by atoms with E-state index in [4.69, 9.17) is 9.15 Å². The fraction of sp³-hybridized carbons (Fsp3) is 0.214. The molecule has 1 aliphatic rings. The van der Waals surface area contributed by atoms with Gasteiger partial charge in [0.15, 0.2) is 6.61 Å². The number of furan rings is 1. The number of nitrogens with one attached hydrogen (secondary N) is 2. The van der Waals surface area contributed by atoms with Crippen LogP contribution in [0.5, 0.6) is 5.75 Å². The Morgan fingerprint density at radius 2 is 2.21 bits per heavy atom. The van der Waals surface area contributed by atoms with Gasteiger partial charge in [0, 0.05) is 5.69 Å². The second kappa shape index (κ2) is 4.68. The first-order chi connectivity index (χ1) is 9.20. The van der Waals surface area contributed by atoms with Crippen molar-refractivity contribution < 1.29 is 13.9 Å². The molecule has 5 nitrogen and oxygen atoms in total. The van der Waals surface area contributed by atoms with E-state index in [1.54, 1.807) is 0 Å². The van der Waals surface area contributed by atoms with Crippen molar-refractivity contribution >= 4 is 17.3 Å². The lowest BCUT2D eigenvalue weighted by molar-refractivity contribution is -0.118. The Kier molecular flexibility index (Phi) is 2.87. The molecule has 0 saturated carbocycles. The third kappa shape index (κ3) is 2.54. The predicted octanol–water partition coefficient (Wildman–Crippen LogP) is 2.53. The summed E-state index contributed by atoms with van der Waals surface area (Å²) < 4.78 is 10.8. The molecule has 0 saturated heterocycles. The highest BCUT2D eigenvalue weighted by atomic mass is 16.5. The second-order valence-electron chi connectivity index (χ2n) is 4.41. The minimum Gasteiger partial charge on any atom is -0.482 e. The van der Waals surface area contributed by atoms with Crippen molar-refractivity contribution in [2.75, 3.05) is 17.2 Å². The van der Waals surface area contributed by atoms with Crippen molar-refractivity contribution in [1.29, 1.82) is 0 Å². The fourth-order valence-electron chi connectivity index (χ4n) is 1.96. The maximum Gasteiger partial charge on any atom is 0.262 e. The molecule has 0 radical (unpaired) electrons. The molecular weight excluding hydrogens is 244 g/mol. The van der Waals surface area contributed by atoms with Crippen molar-refractivity contribution in [3.8, 4) is 5.75 Å². The Morgan fingerprint density at radius 3 is 3.00 bits per heavy atom. The van der Waals surface area contributed by atoms with Crippen LogP contribution in [-0.4, -0.2) is 12.5 Å². The Balaban J connectivity index is 1.71. The van der Waals surface area contributed by atoms with Crippen LogP contribution in [0, 0.1) is 6.92 Å². The Morgan fingerprint density at radius 1 is 1.32 bits per heavy atom. The van der Waals surface area contributed by atoms with E-state index in [2.05, 4.69) is 10.6 Å². The van der Waals surface area contributed by atoms with Crippen LogP contribution in [0.25, 0.3) is 0 Å². The number of anilines is 2. The van der Waals surface area contributed by atoms with Gasteiger partial charge in [-0.1, -0.05) is 0 Å². The summed E-state index contributed by atoms with van der Waals surface area (Å²) in [5.74, 6) is 2.32. The SMILES string of the molecule is Cc1ccc(CNc2ccc3c(c2)NC(=O)CO3)o1. The van der Waals surface area contributed by atoms with Gasteiger partial charge in [-0.2, -0.15) is 0 Å². The molecule has 1 aromatic heterocycles. The van der Waals surface area contributed by atoms with Crippen molar-refractivity contribution in [2.45, 2.75) is 13.5 Å². The first-order valence-electron chi connectivity index (χ1n) is 6.06. The molecule has 2 N–H and O–H groups in total. The number of carbonyl (C=O) groups excluding carboxylic acids is 1. The van der Waals surface area contributed by atoms with E-state index >= 15 is 0 Å². The van der Waals surface area contributed by atoms with Gasteiger partial charge in [0.05, 0.1) is 12.2 Å². The standard InChI is InChI=1S/C14H14N2O3/c1-9-2-4-11(19-9)7-15-10-3-5-13-12(6-10)16-14(17)8-18-13/h2-6,15H,7-8H2,1H3,(H,16,17). The molecule has 1 aromatic carbocycles. The summed E-state index contributed by atoms with van der Waals surface area (Å²) >= 11 is 0. The van der Waals surface area contributed by atoms with Gasteiger partial charge in [0.1, 0.15) is 17.3 Å². The first-order valence-corrected chi connectivity index (χ1v) is 6.06. The average molecular weight is 258 g/mol. The van der Waals surface area contributed by atoms with Crippen LogP contribution in [0.1, 0.15) is 11.5 Å². The molecule has 19 heavy (non-hydrogen) atoms. The summed E-state index contributed by atoms with van der Waals surface area (Å²) in [6.07, 6.45) is 0. The van der Waals surface area contributed by atoms with E-state index in [9.17, 15) is 4.79 Å². The summed E-state index contributed by atoms with van der Waals surface area (Å²) in [6, 6.07) is 9.46. The maximum atomic E-state index is 11.2. The number of benzene rings is 1. The predicted molar refractivity (Wildman–Crippen MR) is 71.3 cm³/mol. The average Bonchev–Trinajstić information content (AvgIpc) is 2.81. The summed E-state index contributed by atoms with van der Waals surface area (Å²) in [7, 11) is 0. The largest absolute Gasteiger partial charge is 0.482 e. The van der Waals surface area contributed by atoms with Gasteiger partial charge in [0.2, 0.25) is 0 Å². The number of ether oxygens (including phenoxy) is 1.